The number of benzene rings is 2. The first-order valence-corrected chi connectivity index (χ1v) is 13.0. The third-order valence-corrected chi connectivity index (χ3v) is 7.79. The van der Waals surface area contributed by atoms with Crippen LogP contribution in [0.15, 0.2) is 70.5 Å². The first kappa shape index (κ1) is 24.1. The van der Waals surface area contributed by atoms with E-state index < -0.39 is 11.9 Å². The molecule has 190 valence electrons. The van der Waals surface area contributed by atoms with Crippen molar-refractivity contribution in [2.75, 3.05) is 4.90 Å². The molecule has 6 rings (SSSR count). The molecule has 2 aromatic carbocycles. The summed E-state index contributed by atoms with van der Waals surface area (Å²) in [6.45, 7) is 2.09. The summed E-state index contributed by atoms with van der Waals surface area (Å²) in [6.07, 6.45) is 1.56. The Balaban J connectivity index is 1.37. The summed E-state index contributed by atoms with van der Waals surface area (Å²) in [5, 5.41) is 4.65. The molecule has 1 aromatic heterocycles. The van der Waals surface area contributed by atoms with Crippen LogP contribution in [-0.2, 0) is 20.9 Å². The molecule has 0 N–H and O–H groups in total. The number of alkyl halides is 1. The van der Waals surface area contributed by atoms with Crippen LogP contribution in [0.2, 0.25) is 5.02 Å². The van der Waals surface area contributed by atoms with Crippen LogP contribution in [0.25, 0.3) is 0 Å². The quantitative estimate of drug-likeness (QED) is 0.374. The molecule has 3 heterocycles. The van der Waals surface area contributed by atoms with Gasteiger partial charge in [-0.2, -0.15) is 0 Å². The second-order valence-corrected chi connectivity index (χ2v) is 10.7. The fourth-order valence-electron chi connectivity index (χ4n) is 5.36. The van der Waals surface area contributed by atoms with E-state index in [0.29, 0.717) is 52.9 Å². The zero-order valence-electron chi connectivity index (χ0n) is 20.0. The van der Waals surface area contributed by atoms with E-state index in [-0.39, 0.29) is 28.9 Å². The number of carbonyl (C=O) groups excluding carboxylic acids is 2. The van der Waals surface area contributed by atoms with Gasteiger partial charge in [0.05, 0.1) is 17.5 Å². The zero-order chi connectivity index (χ0) is 25.7. The number of halogens is 2. The Morgan fingerprint density at radius 2 is 1.92 bits per heavy atom. The number of fused-ring (bicyclic) bond motifs is 1. The molecule has 0 radical (unpaired) electrons. The van der Waals surface area contributed by atoms with E-state index in [0.717, 1.165) is 12.0 Å². The van der Waals surface area contributed by atoms with Crippen molar-refractivity contribution in [1.29, 1.82) is 0 Å². The summed E-state index contributed by atoms with van der Waals surface area (Å²) < 4.78 is 17.5. The average Bonchev–Trinajstić information content (AvgIpc) is 3.45. The minimum Gasteiger partial charge on any atom is -0.489 e. The van der Waals surface area contributed by atoms with E-state index in [1.807, 2.05) is 48.5 Å². The van der Waals surface area contributed by atoms with Crippen molar-refractivity contribution >= 4 is 40.7 Å². The molecule has 1 fully saturated rings. The van der Waals surface area contributed by atoms with Crippen molar-refractivity contribution in [2.24, 2.45) is 5.92 Å². The molecule has 1 amide bonds. The van der Waals surface area contributed by atoms with Gasteiger partial charge in [-0.15, -0.1) is 11.6 Å². The SMILES string of the molecule is Cc1cc(N2C(=O)C3=C(C(=O)C4CC(Cl)CCC4O3)C2c2cccc(OCc3ccc(Cl)cc3)c2)no1. The van der Waals surface area contributed by atoms with Crippen LogP contribution in [0.3, 0.4) is 0 Å². The first-order chi connectivity index (χ1) is 17.9. The molecule has 2 aliphatic heterocycles. The highest BCUT2D eigenvalue weighted by Crippen LogP contribution is 2.48. The Morgan fingerprint density at radius 3 is 2.68 bits per heavy atom. The molecule has 1 aliphatic carbocycles. The largest absolute Gasteiger partial charge is 0.489 e. The van der Waals surface area contributed by atoms with Gasteiger partial charge in [-0.1, -0.05) is 41.0 Å². The third kappa shape index (κ3) is 4.40. The smallest absolute Gasteiger partial charge is 0.295 e. The second-order valence-electron chi connectivity index (χ2n) is 9.64. The van der Waals surface area contributed by atoms with Gasteiger partial charge in [0.2, 0.25) is 0 Å². The van der Waals surface area contributed by atoms with Gasteiger partial charge in [0.25, 0.3) is 5.91 Å². The Kier molecular flexibility index (Phi) is 6.21. The monoisotopic (exact) mass is 538 g/mol. The van der Waals surface area contributed by atoms with Gasteiger partial charge in [0.15, 0.2) is 17.4 Å². The van der Waals surface area contributed by atoms with Gasteiger partial charge < -0.3 is 14.0 Å². The van der Waals surface area contributed by atoms with Crippen LogP contribution in [0.1, 0.15) is 42.2 Å². The van der Waals surface area contributed by atoms with E-state index in [1.165, 1.54) is 4.90 Å². The van der Waals surface area contributed by atoms with Crippen LogP contribution >= 0.6 is 23.2 Å². The Morgan fingerprint density at radius 1 is 1.11 bits per heavy atom. The van der Waals surface area contributed by atoms with Gasteiger partial charge in [0.1, 0.15) is 24.2 Å². The van der Waals surface area contributed by atoms with Crippen LogP contribution in [0.5, 0.6) is 5.75 Å². The van der Waals surface area contributed by atoms with E-state index in [1.54, 1.807) is 13.0 Å². The summed E-state index contributed by atoms with van der Waals surface area (Å²) in [6, 6.07) is 15.8. The second kappa shape index (κ2) is 9.54. The van der Waals surface area contributed by atoms with Crippen molar-refractivity contribution in [2.45, 2.75) is 50.3 Å². The van der Waals surface area contributed by atoms with Crippen molar-refractivity contribution in [3.63, 3.8) is 0 Å². The predicted molar refractivity (Wildman–Crippen MR) is 138 cm³/mol. The molecule has 7 nitrogen and oxygen atoms in total. The maximum atomic E-state index is 13.9. The Bertz CT molecular complexity index is 1400. The number of Topliss-reactive ketones (excluding diaryl/α,β-unsaturated/α-hetero) is 1. The molecular formula is C28H24Cl2N2O5. The maximum absolute atomic E-state index is 13.9. The molecule has 9 heteroatoms. The Hall–Kier alpha value is -3.29. The lowest BCUT2D eigenvalue weighted by Crippen LogP contribution is -2.41. The van der Waals surface area contributed by atoms with E-state index >= 15 is 0 Å². The molecule has 37 heavy (non-hydrogen) atoms. The van der Waals surface area contributed by atoms with Crippen LogP contribution in [0.4, 0.5) is 5.82 Å². The average molecular weight is 539 g/mol. The lowest BCUT2D eigenvalue weighted by molar-refractivity contribution is -0.131. The van der Waals surface area contributed by atoms with Gasteiger partial charge >= 0.3 is 0 Å². The minimum absolute atomic E-state index is 0.0922. The molecule has 0 saturated heterocycles. The molecule has 0 spiro atoms. The van der Waals surface area contributed by atoms with Crippen LogP contribution in [-0.4, -0.2) is 28.3 Å². The topological polar surface area (TPSA) is 81.9 Å². The lowest BCUT2D eigenvalue weighted by atomic mass is 9.77. The summed E-state index contributed by atoms with van der Waals surface area (Å²) >= 11 is 12.4. The molecular weight excluding hydrogens is 515 g/mol. The highest BCUT2D eigenvalue weighted by atomic mass is 35.5. The van der Waals surface area contributed by atoms with Crippen LogP contribution in [0, 0.1) is 12.8 Å². The van der Waals surface area contributed by atoms with E-state index in [4.69, 9.17) is 37.2 Å². The third-order valence-electron chi connectivity index (χ3n) is 7.14. The number of aromatic nitrogens is 1. The highest BCUT2D eigenvalue weighted by molar-refractivity contribution is 6.30. The Labute approximate surface area is 223 Å². The lowest BCUT2D eigenvalue weighted by Gasteiger charge is -2.37. The number of anilines is 1. The van der Waals surface area contributed by atoms with Gasteiger partial charge in [-0.05, 0) is 61.6 Å². The summed E-state index contributed by atoms with van der Waals surface area (Å²) in [4.78, 5) is 29.0. The van der Waals surface area contributed by atoms with Gasteiger partial charge in [-0.3, -0.25) is 14.5 Å². The number of ketones is 1. The fourth-order valence-corrected chi connectivity index (χ4v) is 5.80. The van der Waals surface area contributed by atoms with Gasteiger partial charge in [0, 0.05) is 16.5 Å². The molecule has 0 bridgehead atoms. The predicted octanol–water partition coefficient (Wildman–Crippen LogP) is 5.93. The summed E-state index contributed by atoms with van der Waals surface area (Å²) in [5.74, 6) is 0.698. The first-order valence-electron chi connectivity index (χ1n) is 12.2. The summed E-state index contributed by atoms with van der Waals surface area (Å²) in [5.41, 5.74) is 2.01. The van der Waals surface area contributed by atoms with Gasteiger partial charge in [-0.25, -0.2) is 0 Å². The summed E-state index contributed by atoms with van der Waals surface area (Å²) in [7, 11) is 0. The molecule has 3 aliphatic rings. The van der Waals surface area contributed by atoms with E-state index in [9.17, 15) is 9.59 Å². The number of amides is 1. The van der Waals surface area contributed by atoms with Crippen molar-refractivity contribution in [1.82, 2.24) is 5.16 Å². The van der Waals surface area contributed by atoms with Crippen molar-refractivity contribution in [3.8, 4) is 5.75 Å². The number of aryl methyl sites for hydroxylation is 1. The number of hydrogen-bond acceptors (Lipinski definition) is 6. The molecule has 1 saturated carbocycles. The molecule has 4 unspecified atom stereocenters. The van der Waals surface area contributed by atoms with Crippen LogP contribution < -0.4 is 9.64 Å². The number of ether oxygens (including phenoxy) is 2. The number of carbonyl (C=O) groups is 2. The number of hydrogen-bond donors (Lipinski definition) is 0. The normalized spacial score (nSPS) is 25.1. The van der Waals surface area contributed by atoms with Crippen molar-refractivity contribution < 1.29 is 23.6 Å². The fraction of sp³-hybridized carbons (Fsp3) is 0.321. The maximum Gasteiger partial charge on any atom is 0.295 e. The number of rotatable bonds is 5. The zero-order valence-corrected chi connectivity index (χ0v) is 21.5. The molecule has 3 aromatic rings. The standard InChI is InChI=1S/C28H24Cl2N2O5/c1-15-11-23(31-37-15)32-25(17-3-2-4-20(12-17)35-14-16-5-7-18(29)8-6-16)24-26(33)21-13-19(30)9-10-22(21)36-27(24)28(32)34/h2-8,11-12,19,21-22,25H,9-10,13-14H2,1H3. The molecule has 4 atom stereocenters. The number of nitrogens with zero attached hydrogens (tertiary/aromatic N) is 2. The van der Waals surface area contributed by atoms with Crippen molar-refractivity contribution in [3.05, 3.63) is 87.8 Å². The van der Waals surface area contributed by atoms with E-state index in [2.05, 4.69) is 5.16 Å². The highest BCUT2D eigenvalue weighted by Gasteiger charge is 2.53. The minimum atomic E-state index is -0.727.